The first-order chi connectivity index (χ1) is 13.2. The van der Waals surface area contributed by atoms with E-state index in [1.165, 1.54) is 0 Å². The van der Waals surface area contributed by atoms with Crippen LogP contribution in [0, 0.1) is 0 Å². The average molecular weight is 403 g/mol. The third-order valence-electron chi connectivity index (χ3n) is 3.13. The molecule has 0 radical (unpaired) electrons. The van der Waals surface area contributed by atoms with Crippen LogP contribution in [0.1, 0.15) is 47.0 Å². The summed E-state index contributed by atoms with van der Waals surface area (Å²) in [6, 6.07) is -1.000. The molecular weight excluding hydrogens is 370 g/mol. The molecule has 0 fully saturated rings. The van der Waals surface area contributed by atoms with Gasteiger partial charge in [-0.2, -0.15) is 0 Å². The molecule has 0 aromatic heterocycles. The van der Waals surface area contributed by atoms with Crippen LogP contribution in [0.25, 0.3) is 0 Å². The smallest absolute Gasteiger partial charge is 0.407 e. The number of rotatable bonds is 13. The molecule has 0 aromatic carbocycles. The van der Waals surface area contributed by atoms with Gasteiger partial charge >= 0.3 is 12.2 Å². The molecule has 10 nitrogen and oxygen atoms in total. The van der Waals surface area contributed by atoms with Gasteiger partial charge in [0, 0.05) is 19.5 Å². The summed E-state index contributed by atoms with van der Waals surface area (Å²) in [4.78, 5) is 45.8. The summed E-state index contributed by atoms with van der Waals surface area (Å²) in [5.41, 5.74) is -0.566. The molecule has 0 aliphatic carbocycles. The molecule has 10 heteroatoms. The Hall–Kier alpha value is -2.36. The first-order valence-electron chi connectivity index (χ1n) is 9.38. The van der Waals surface area contributed by atoms with Gasteiger partial charge < -0.3 is 35.0 Å². The van der Waals surface area contributed by atoms with E-state index in [1.807, 2.05) is 6.92 Å². The van der Waals surface area contributed by atoms with Crippen molar-refractivity contribution < 1.29 is 33.4 Å². The van der Waals surface area contributed by atoms with Crippen LogP contribution >= 0.6 is 0 Å². The number of carbonyl (C=O) groups excluding carboxylic acids is 4. The van der Waals surface area contributed by atoms with Crippen LogP contribution in [0.15, 0.2) is 0 Å². The first-order valence-corrected chi connectivity index (χ1v) is 9.38. The molecule has 0 bridgehead atoms. The van der Waals surface area contributed by atoms with Gasteiger partial charge in [0.1, 0.15) is 17.9 Å². The Kier molecular flexibility index (Phi) is 13.4. The number of aldehydes is 1. The SMILES string of the molecule is CCCCOC(=O)N[C@@H](CC=O)C(=O)NCCOCCNC(=O)OC(C)(C)C. The van der Waals surface area contributed by atoms with Gasteiger partial charge in [-0.25, -0.2) is 9.59 Å². The lowest BCUT2D eigenvalue weighted by Crippen LogP contribution is -2.47. The number of amides is 3. The second-order valence-electron chi connectivity index (χ2n) is 6.92. The summed E-state index contributed by atoms with van der Waals surface area (Å²) in [5.74, 6) is -0.505. The fourth-order valence-corrected chi connectivity index (χ4v) is 1.83. The van der Waals surface area contributed by atoms with Gasteiger partial charge in [0.25, 0.3) is 0 Å². The molecule has 0 saturated carbocycles. The van der Waals surface area contributed by atoms with E-state index in [2.05, 4.69) is 16.0 Å². The summed E-state index contributed by atoms with van der Waals surface area (Å²) >= 11 is 0. The average Bonchev–Trinajstić information content (AvgIpc) is 2.59. The van der Waals surface area contributed by atoms with E-state index in [4.69, 9.17) is 14.2 Å². The standard InChI is InChI=1S/C18H33N3O7/c1-5-6-11-27-17(25)21-14(7-10-22)15(23)19-8-12-26-13-9-20-16(24)28-18(2,3)4/h10,14H,5-9,11-13H2,1-4H3,(H,19,23)(H,20,24)(H,21,25)/t14-/m0/s1. The predicted octanol–water partition coefficient (Wildman–Crippen LogP) is 1.13. The third kappa shape index (κ3) is 14.8. The Morgan fingerprint density at radius 3 is 2.21 bits per heavy atom. The fraction of sp³-hybridized carbons (Fsp3) is 0.778. The van der Waals surface area contributed by atoms with E-state index >= 15 is 0 Å². The molecule has 0 aromatic rings. The highest BCUT2D eigenvalue weighted by molar-refractivity contribution is 5.87. The van der Waals surface area contributed by atoms with Crippen LogP contribution in [0.2, 0.25) is 0 Å². The maximum absolute atomic E-state index is 12.0. The summed E-state index contributed by atoms with van der Waals surface area (Å²) < 4.78 is 15.3. The molecular formula is C18H33N3O7. The molecule has 3 amide bonds. The van der Waals surface area contributed by atoms with E-state index in [-0.39, 0.29) is 39.3 Å². The summed E-state index contributed by atoms with van der Waals surface area (Å²) in [5, 5.41) is 7.47. The molecule has 1 atom stereocenters. The van der Waals surface area contributed by atoms with Crippen molar-refractivity contribution in [3.8, 4) is 0 Å². The topological polar surface area (TPSA) is 132 Å². The van der Waals surface area contributed by atoms with Gasteiger partial charge in [-0.05, 0) is 27.2 Å². The minimum absolute atomic E-state index is 0.157. The van der Waals surface area contributed by atoms with Crippen molar-refractivity contribution in [2.24, 2.45) is 0 Å². The molecule has 0 aliphatic rings. The Bertz CT molecular complexity index is 492. The molecule has 0 unspecified atom stereocenters. The molecule has 0 aliphatic heterocycles. The Morgan fingerprint density at radius 2 is 1.64 bits per heavy atom. The van der Waals surface area contributed by atoms with Crippen molar-refractivity contribution in [3.63, 3.8) is 0 Å². The number of hydrogen-bond donors (Lipinski definition) is 3. The van der Waals surface area contributed by atoms with E-state index < -0.39 is 29.7 Å². The van der Waals surface area contributed by atoms with Gasteiger partial charge in [-0.1, -0.05) is 13.3 Å². The second-order valence-corrected chi connectivity index (χ2v) is 6.92. The van der Waals surface area contributed by atoms with E-state index in [0.717, 1.165) is 12.8 Å². The summed E-state index contributed by atoms with van der Waals surface area (Å²) in [7, 11) is 0. The highest BCUT2D eigenvalue weighted by Crippen LogP contribution is 2.06. The minimum Gasteiger partial charge on any atom is -0.450 e. The lowest BCUT2D eigenvalue weighted by Gasteiger charge is -2.19. The largest absolute Gasteiger partial charge is 0.450 e. The predicted molar refractivity (Wildman–Crippen MR) is 102 cm³/mol. The van der Waals surface area contributed by atoms with Crippen LogP contribution in [-0.2, 0) is 23.8 Å². The maximum atomic E-state index is 12.0. The third-order valence-corrected chi connectivity index (χ3v) is 3.13. The van der Waals surface area contributed by atoms with E-state index in [1.54, 1.807) is 20.8 Å². The number of hydrogen-bond acceptors (Lipinski definition) is 7. The lowest BCUT2D eigenvalue weighted by molar-refractivity contribution is -0.125. The van der Waals surface area contributed by atoms with Gasteiger partial charge in [0.15, 0.2) is 0 Å². The quantitative estimate of drug-likeness (QED) is 0.310. The monoisotopic (exact) mass is 403 g/mol. The Labute approximate surface area is 166 Å². The van der Waals surface area contributed by atoms with Crippen LogP contribution < -0.4 is 16.0 Å². The van der Waals surface area contributed by atoms with Crippen molar-refractivity contribution in [3.05, 3.63) is 0 Å². The zero-order valence-electron chi connectivity index (χ0n) is 17.2. The van der Waals surface area contributed by atoms with E-state index in [9.17, 15) is 19.2 Å². The molecule has 28 heavy (non-hydrogen) atoms. The molecule has 3 N–H and O–H groups in total. The van der Waals surface area contributed by atoms with Gasteiger partial charge in [0.2, 0.25) is 5.91 Å². The van der Waals surface area contributed by atoms with Crippen LogP contribution in [-0.4, -0.2) is 68.9 Å². The lowest BCUT2D eigenvalue weighted by atomic mass is 10.2. The molecule has 162 valence electrons. The fourth-order valence-electron chi connectivity index (χ4n) is 1.83. The van der Waals surface area contributed by atoms with Crippen molar-refractivity contribution in [1.29, 1.82) is 0 Å². The van der Waals surface area contributed by atoms with Crippen molar-refractivity contribution in [2.75, 3.05) is 32.9 Å². The number of ether oxygens (including phenoxy) is 3. The Morgan fingerprint density at radius 1 is 1.00 bits per heavy atom. The van der Waals surface area contributed by atoms with E-state index in [0.29, 0.717) is 6.29 Å². The highest BCUT2D eigenvalue weighted by Gasteiger charge is 2.20. The highest BCUT2D eigenvalue weighted by atomic mass is 16.6. The number of unbranched alkanes of at least 4 members (excludes halogenated alkanes) is 1. The van der Waals surface area contributed by atoms with Crippen LogP contribution in [0.4, 0.5) is 9.59 Å². The van der Waals surface area contributed by atoms with Crippen molar-refractivity contribution >= 4 is 24.4 Å². The van der Waals surface area contributed by atoms with Crippen molar-refractivity contribution in [1.82, 2.24) is 16.0 Å². The van der Waals surface area contributed by atoms with Crippen LogP contribution in [0.3, 0.4) is 0 Å². The molecule has 0 heterocycles. The van der Waals surface area contributed by atoms with Gasteiger partial charge in [-0.15, -0.1) is 0 Å². The number of alkyl carbamates (subject to hydrolysis) is 2. The van der Waals surface area contributed by atoms with Crippen LogP contribution in [0.5, 0.6) is 0 Å². The zero-order valence-corrected chi connectivity index (χ0v) is 17.2. The molecule has 0 spiro atoms. The van der Waals surface area contributed by atoms with Crippen molar-refractivity contribution in [2.45, 2.75) is 58.6 Å². The summed E-state index contributed by atoms with van der Waals surface area (Å²) in [6.07, 6.45) is 0.722. The second kappa shape index (κ2) is 14.7. The number of carbonyl (C=O) groups is 4. The van der Waals surface area contributed by atoms with Gasteiger partial charge in [-0.3, -0.25) is 4.79 Å². The number of nitrogens with one attached hydrogen (secondary N) is 3. The van der Waals surface area contributed by atoms with Gasteiger partial charge in [0.05, 0.1) is 19.8 Å². The maximum Gasteiger partial charge on any atom is 0.407 e. The Balaban J connectivity index is 3.95. The summed E-state index contributed by atoms with van der Waals surface area (Å²) in [6.45, 7) is 8.42. The molecule has 0 saturated heterocycles. The minimum atomic E-state index is -1.000. The zero-order chi connectivity index (χ0) is 21.4. The first kappa shape index (κ1) is 25.6. The normalized spacial score (nSPS) is 11.9. The molecule has 0 rings (SSSR count).